The van der Waals surface area contributed by atoms with Crippen molar-refractivity contribution in [1.82, 2.24) is 0 Å². The standard InChI is InChI=1S/C13H17BrO2/c1-9(15)7-12(16)13(2,3)10-5-4-6-11(14)8-10/h4-6,8,12,16H,7H2,1-3H3. The van der Waals surface area contributed by atoms with Crippen molar-refractivity contribution in [2.75, 3.05) is 0 Å². The number of benzene rings is 1. The zero-order chi connectivity index (χ0) is 12.3. The molecule has 16 heavy (non-hydrogen) atoms. The van der Waals surface area contributed by atoms with Crippen molar-refractivity contribution in [2.45, 2.75) is 38.7 Å². The summed E-state index contributed by atoms with van der Waals surface area (Å²) in [4.78, 5) is 11.0. The fourth-order valence-corrected chi connectivity index (χ4v) is 2.01. The van der Waals surface area contributed by atoms with E-state index in [0.29, 0.717) is 0 Å². The summed E-state index contributed by atoms with van der Waals surface area (Å²) in [6.07, 6.45) is -0.459. The van der Waals surface area contributed by atoms with Gasteiger partial charge in [0.25, 0.3) is 0 Å². The highest BCUT2D eigenvalue weighted by Crippen LogP contribution is 2.30. The molecule has 0 aliphatic carbocycles. The molecule has 1 aromatic carbocycles. The Hall–Kier alpha value is -0.670. The number of hydrogen-bond donors (Lipinski definition) is 1. The SMILES string of the molecule is CC(=O)CC(O)C(C)(C)c1cccc(Br)c1. The maximum absolute atomic E-state index is 11.0. The quantitative estimate of drug-likeness (QED) is 0.923. The van der Waals surface area contributed by atoms with E-state index in [1.54, 1.807) is 0 Å². The smallest absolute Gasteiger partial charge is 0.132 e. The van der Waals surface area contributed by atoms with Gasteiger partial charge in [-0.15, -0.1) is 0 Å². The van der Waals surface area contributed by atoms with Gasteiger partial charge in [0.15, 0.2) is 0 Å². The summed E-state index contributed by atoms with van der Waals surface area (Å²) in [6, 6.07) is 7.82. The minimum atomic E-state index is -0.653. The molecular formula is C13H17BrO2. The fourth-order valence-electron chi connectivity index (χ4n) is 1.61. The molecule has 0 bridgehead atoms. The van der Waals surface area contributed by atoms with Gasteiger partial charge >= 0.3 is 0 Å². The lowest BCUT2D eigenvalue weighted by atomic mass is 9.78. The fraction of sp³-hybridized carbons (Fsp3) is 0.462. The first-order valence-electron chi connectivity index (χ1n) is 5.27. The van der Waals surface area contributed by atoms with E-state index in [-0.39, 0.29) is 12.2 Å². The molecule has 0 aliphatic heterocycles. The molecule has 0 radical (unpaired) electrons. The van der Waals surface area contributed by atoms with Gasteiger partial charge in [0.05, 0.1) is 6.10 Å². The van der Waals surface area contributed by atoms with E-state index in [4.69, 9.17) is 0 Å². The molecule has 0 heterocycles. The van der Waals surface area contributed by atoms with Gasteiger partial charge in [-0.05, 0) is 24.6 Å². The Balaban J connectivity index is 2.96. The van der Waals surface area contributed by atoms with E-state index in [1.807, 2.05) is 38.1 Å². The van der Waals surface area contributed by atoms with Gasteiger partial charge in [-0.3, -0.25) is 4.79 Å². The van der Waals surface area contributed by atoms with Crippen LogP contribution in [0.2, 0.25) is 0 Å². The monoisotopic (exact) mass is 284 g/mol. The second kappa shape index (κ2) is 5.11. The lowest BCUT2D eigenvalue weighted by Gasteiger charge is -2.30. The second-order valence-electron chi connectivity index (χ2n) is 4.65. The van der Waals surface area contributed by atoms with Crippen LogP contribution in [0.1, 0.15) is 32.8 Å². The maximum atomic E-state index is 11.0. The lowest BCUT2D eigenvalue weighted by Crippen LogP contribution is -2.35. The molecule has 88 valence electrons. The third-order valence-corrected chi connectivity index (χ3v) is 3.38. The van der Waals surface area contributed by atoms with Crippen LogP contribution in [-0.2, 0) is 10.2 Å². The van der Waals surface area contributed by atoms with Crippen LogP contribution in [-0.4, -0.2) is 17.0 Å². The van der Waals surface area contributed by atoms with Crippen LogP contribution in [0.25, 0.3) is 0 Å². The summed E-state index contributed by atoms with van der Waals surface area (Å²) in [7, 11) is 0. The number of Topliss-reactive ketones (excluding diaryl/α,β-unsaturated/α-hetero) is 1. The summed E-state index contributed by atoms with van der Waals surface area (Å²) < 4.78 is 0.980. The number of hydrogen-bond acceptors (Lipinski definition) is 2. The molecule has 1 N–H and O–H groups in total. The van der Waals surface area contributed by atoms with Gasteiger partial charge in [-0.25, -0.2) is 0 Å². The van der Waals surface area contributed by atoms with E-state index in [0.717, 1.165) is 10.0 Å². The van der Waals surface area contributed by atoms with Crippen LogP contribution >= 0.6 is 15.9 Å². The summed E-state index contributed by atoms with van der Waals surface area (Å²) in [5.74, 6) is 0.00979. The Morgan fingerprint density at radius 2 is 2.12 bits per heavy atom. The predicted octanol–water partition coefficient (Wildman–Crippen LogP) is 3.07. The highest BCUT2D eigenvalue weighted by atomic mass is 79.9. The highest BCUT2D eigenvalue weighted by molar-refractivity contribution is 9.10. The highest BCUT2D eigenvalue weighted by Gasteiger charge is 2.30. The Labute approximate surface area is 105 Å². The van der Waals surface area contributed by atoms with Crippen LogP contribution < -0.4 is 0 Å². The number of carbonyl (C=O) groups is 1. The van der Waals surface area contributed by atoms with Crippen molar-refractivity contribution in [3.8, 4) is 0 Å². The first-order chi connectivity index (χ1) is 7.34. The lowest BCUT2D eigenvalue weighted by molar-refractivity contribution is -0.119. The van der Waals surface area contributed by atoms with Gasteiger partial charge in [-0.1, -0.05) is 41.9 Å². The Bertz CT molecular complexity index is 385. The van der Waals surface area contributed by atoms with Crippen LogP contribution in [0.3, 0.4) is 0 Å². The molecule has 0 aliphatic rings. The third-order valence-electron chi connectivity index (χ3n) is 2.88. The Morgan fingerprint density at radius 3 is 2.62 bits per heavy atom. The number of aliphatic hydroxyl groups excluding tert-OH is 1. The molecule has 1 atom stereocenters. The van der Waals surface area contributed by atoms with Gasteiger partial charge < -0.3 is 5.11 Å². The van der Waals surface area contributed by atoms with Crippen molar-refractivity contribution in [2.24, 2.45) is 0 Å². The minimum Gasteiger partial charge on any atom is -0.392 e. The van der Waals surface area contributed by atoms with Gasteiger partial charge in [0.1, 0.15) is 5.78 Å². The zero-order valence-corrected chi connectivity index (χ0v) is 11.4. The predicted molar refractivity (Wildman–Crippen MR) is 68.5 cm³/mol. The Morgan fingerprint density at radius 1 is 1.50 bits per heavy atom. The number of halogens is 1. The normalized spacial score (nSPS) is 13.6. The minimum absolute atomic E-state index is 0.00979. The largest absolute Gasteiger partial charge is 0.392 e. The van der Waals surface area contributed by atoms with Crippen LogP contribution in [0.5, 0.6) is 0 Å². The molecule has 0 saturated heterocycles. The Kier molecular flexibility index (Phi) is 4.28. The molecule has 1 aromatic rings. The zero-order valence-electron chi connectivity index (χ0n) is 9.83. The van der Waals surface area contributed by atoms with Gasteiger partial charge in [-0.2, -0.15) is 0 Å². The molecule has 0 spiro atoms. The molecule has 0 saturated carbocycles. The van der Waals surface area contributed by atoms with Crippen LogP contribution in [0, 0.1) is 0 Å². The van der Waals surface area contributed by atoms with E-state index >= 15 is 0 Å². The van der Waals surface area contributed by atoms with E-state index in [9.17, 15) is 9.90 Å². The molecule has 3 heteroatoms. The van der Waals surface area contributed by atoms with E-state index < -0.39 is 11.5 Å². The summed E-state index contributed by atoms with van der Waals surface area (Å²) >= 11 is 3.41. The summed E-state index contributed by atoms with van der Waals surface area (Å²) in [5, 5.41) is 10.1. The number of aliphatic hydroxyl groups is 1. The number of rotatable bonds is 4. The number of carbonyl (C=O) groups excluding carboxylic acids is 1. The molecule has 0 amide bonds. The molecule has 1 rings (SSSR count). The van der Waals surface area contributed by atoms with Crippen molar-refractivity contribution in [3.05, 3.63) is 34.3 Å². The number of ketones is 1. The van der Waals surface area contributed by atoms with E-state index in [1.165, 1.54) is 6.92 Å². The van der Waals surface area contributed by atoms with Crippen molar-refractivity contribution in [1.29, 1.82) is 0 Å². The molecule has 0 fully saturated rings. The average Bonchev–Trinajstić information content (AvgIpc) is 2.16. The average molecular weight is 285 g/mol. The van der Waals surface area contributed by atoms with Crippen LogP contribution in [0.4, 0.5) is 0 Å². The third kappa shape index (κ3) is 3.16. The molecular weight excluding hydrogens is 268 g/mol. The van der Waals surface area contributed by atoms with Crippen molar-refractivity contribution >= 4 is 21.7 Å². The molecule has 0 aromatic heterocycles. The second-order valence-corrected chi connectivity index (χ2v) is 5.57. The summed E-state index contributed by atoms with van der Waals surface area (Å²) in [5.41, 5.74) is 0.603. The first kappa shape index (κ1) is 13.4. The van der Waals surface area contributed by atoms with Crippen LogP contribution in [0.15, 0.2) is 28.7 Å². The molecule has 2 nitrogen and oxygen atoms in total. The molecule has 1 unspecified atom stereocenters. The summed E-state index contributed by atoms with van der Waals surface area (Å²) in [6.45, 7) is 5.39. The first-order valence-corrected chi connectivity index (χ1v) is 6.07. The van der Waals surface area contributed by atoms with E-state index in [2.05, 4.69) is 15.9 Å². The van der Waals surface area contributed by atoms with Crippen molar-refractivity contribution < 1.29 is 9.90 Å². The maximum Gasteiger partial charge on any atom is 0.132 e. The van der Waals surface area contributed by atoms with Gasteiger partial charge in [0.2, 0.25) is 0 Å². The topological polar surface area (TPSA) is 37.3 Å². The van der Waals surface area contributed by atoms with Crippen molar-refractivity contribution in [3.63, 3.8) is 0 Å². The van der Waals surface area contributed by atoms with Gasteiger partial charge in [0, 0.05) is 16.3 Å².